The first-order valence-electron chi connectivity index (χ1n) is 4.73. The third kappa shape index (κ3) is 2.31. The molecule has 0 saturated heterocycles. The van der Waals surface area contributed by atoms with Crippen molar-refractivity contribution in [1.82, 2.24) is 9.97 Å². The second-order valence-corrected chi connectivity index (χ2v) is 3.97. The fourth-order valence-corrected chi connectivity index (χ4v) is 1.47. The Morgan fingerprint density at radius 3 is 2.46 bits per heavy atom. The molecule has 0 radical (unpaired) electrons. The predicted octanol–water partition coefficient (Wildman–Crippen LogP) is 1.90. The second kappa shape index (κ2) is 3.50. The first-order chi connectivity index (χ1) is 5.95. The molecule has 0 aliphatic heterocycles. The Balaban J connectivity index is 2.96. The lowest BCUT2D eigenvalue weighted by Gasteiger charge is -2.14. The van der Waals surface area contributed by atoms with E-state index in [1.807, 2.05) is 6.92 Å². The topological polar surface area (TPSA) is 48.9 Å². The molecule has 0 aromatic carbocycles. The van der Waals surface area contributed by atoms with Gasteiger partial charge in [0.05, 0.1) is 5.69 Å². The van der Waals surface area contributed by atoms with E-state index in [2.05, 4.69) is 16.9 Å². The Morgan fingerprint density at radius 1 is 1.46 bits per heavy atom. The highest BCUT2D eigenvalue weighted by Gasteiger charge is 2.22. The van der Waals surface area contributed by atoms with Gasteiger partial charge in [-0.05, 0) is 27.2 Å². The van der Waals surface area contributed by atoms with Crippen molar-refractivity contribution in [3.63, 3.8) is 0 Å². The average Bonchev–Trinajstić information content (AvgIpc) is 2.30. The molecule has 3 nitrogen and oxygen atoms in total. The third-order valence-electron chi connectivity index (χ3n) is 2.00. The van der Waals surface area contributed by atoms with Crippen LogP contribution in [0.1, 0.15) is 44.4 Å². The number of hydrogen-bond acceptors (Lipinski definition) is 2. The lowest BCUT2D eigenvalue weighted by Crippen LogP contribution is -2.17. The number of imidazole rings is 1. The molecule has 1 heterocycles. The van der Waals surface area contributed by atoms with Crippen molar-refractivity contribution in [3.8, 4) is 0 Å². The fraction of sp³-hybridized carbons (Fsp3) is 0.700. The van der Waals surface area contributed by atoms with Crippen LogP contribution in [0.5, 0.6) is 0 Å². The van der Waals surface area contributed by atoms with E-state index >= 15 is 0 Å². The van der Waals surface area contributed by atoms with Gasteiger partial charge < -0.3 is 10.1 Å². The van der Waals surface area contributed by atoms with Gasteiger partial charge in [-0.3, -0.25) is 0 Å². The Bertz CT molecular complexity index is 284. The van der Waals surface area contributed by atoms with Crippen LogP contribution in [-0.2, 0) is 12.0 Å². The maximum atomic E-state index is 9.77. The van der Waals surface area contributed by atoms with Crippen LogP contribution < -0.4 is 0 Å². The van der Waals surface area contributed by atoms with Crippen LogP contribution in [0.25, 0.3) is 0 Å². The minimum atomic E-state index is -0.841. The number of nitrogens with zero attached hydrogens (tertiary/aromatic N) is 1. The van der Waals surface area contributed by atoms with E-state index in [0.717, 1.165) is 30.1 Å². The van der Waals surface area contributed by atoms with Crippen molar-refractivity contribution < 1.29 is 5.11 Å². The first kappa shape index (κ1) is 10.3. The molecule has 0 atom stereocenters. The summed E-state index contributed by atoms with van der Waals surface area (Å²) in [6.07, 6.45) is 2.01. The normalized spacial score (nSPS) is 12.1. The molecule has 0 unspecified atom stereocenters. The molecule has 3 heteroatoms. The molecule has 1 aromatic rings. The Kier molecular flexibility index (Phi) is 2.76. The number of aliphatic hydroxyl groups is 1. The Hall–Kier alpha value is -0.830. The van der Waals surface area contributed by atoms with Crippen LogP contribution >= 0.6 is 0 Å². The summed E-state index contributed by atoms with van der Waals surface area (Å²) in [6.45, 7) is 7.57. The van der Waals surface area contributed by atoms with Crippen molar-refractivity contribution in [2.75, 3.05) is 0 Å². The van der Waals surface area contributed by atoms with E-state index in [4.69, 9.17) is 0 Å². The summed E-state index contributed by atoms with van der Waals surface area (Å²) in [6, 6.07) is 0. The van der Waals surface area contributed by atoms with Crippen LogP contribution in [0.4, 0.5) is 0 Å². The Labute approximate surface area is 79.2 Å². The fourth-order valence-electron chi connectivity index (χ4n) is 1.47. The lowest BCUT2D eigenvalue weighted by molar-refractivity contribution is 0.0735. The van der Waals surface area contributed by atoms with Crippen LogP contribution in [0.2, 0.25) is 0 Å². The molecule has 0 aliphatic carbocycles. The lowest BCUT2D eigenvalue weighted by atomic mass is 10.0. The average molecular weight is 182 g/mol. The van der Waals surface area contributed by atoms with Gasteiger partial charge in [-0.2, -0.15) is 0 Å². The zero-order valence-electron chi connectivity index (χ0n) is 8.81. The maximum absolute atomic E-state index is 9.77. The van der Waals surface area contributed by atoms with Gasteiger partial charge in [-0.1, -0.05) is 6.92 Å². The molecule has 2 N–H and O–H groups in total. The van der Waals surface area contributed by atoms with Crippen molar-refractivity contribution in [3.05, 3.63) is 17.2 Å². The molecule has 0 spiro atoms. The van der Waals surface area contributed by atoms with Gasteiger partial charge in [0.15, 0.2) is 0 Å². The molecule has 0 fully saturated rings. The molecule has 1 aromatic heterocycles. The summed E-state index contributed by atoms with van der Waals surface area (Å²) >= 11 is 0. The summed E-state index contributed by atoms with van der Waals surface area (Å²) in [4.78, 5) is 7.55. The number of hydrogen-bond donors (Lipinski definition) is 2. The molecule has 0 bridgehead atoms. The number of aryl methyl sites for hydroxylation is 2. The second-order valence-electron chi connectivity index (χ2n) is 3.97. The van der Waals surface area contributed by atoms with Crippen LogP contribution in [0.15, 0.2) is 0 Å². The monoisotopic (exact) mass is 182 g/mol. The van der Waals surface area contributed by atoms with Crippen LogP contribution in [0, 0.1) is 6.92 Å². The Morgan fingerprint density at radius 2 is 2.08 bits per heavy atom. The van der Waals surface area contributed by atoms with Gasteiger partial charge in [-0.25, -0.2) is 4.98 Å². The van der Waals surface area contributed by atoms with Gasteiger partial charge in [-0.15, -0.1) is 0 Å². The summed E-state index contributed by atoms with van der Waals surface area (Å²) in [5, 5.41) is 9.77. The molecular formula is C10H18N2O. The molecule has 13 heavy (non-hydrogen) atoms. The molecular weight excluding hydrogens is 164 g/mol. The van der Waals surface area contributed by atoms with E-state index in [0.29, 0.717) is 0 Å². The smallest absolute Gasteiger partial charge is 0.106 e. The minimum absolute atomic E-state index is 0.760. The van der Waals surface area contributed by atoms with Crippen molar-refractivity contribution >= 4 is 0 Å². The highest BCUT2D eigenvalue weighted by atomic mass is 16.3. The van der Waals surface area contributed by atoms with E-state index in [1.165, 1.54) is 0 Å². The first-order valence-corrected chi connectivity index (χ1v) is 4.73. The number of rotatable bonds is 3. The van der Waals surface area contributed by atoms with Gasteiger partial charge in [0.25, 0.3) is 0 Å². The summed E-state index contributed by atoms with van der Waals surface area (Å²) < 4.78 is 0. The highest BCUT2D eigenvalue weighted by Crippen LogP contribution is 2.21. The standard InChI is InChI=1S/C10H18N2O/c1-5-6-8-11-7(2)9(12-8)10(3,4)13/h13H,5-6H2,1-4H3,(H,11,12). The van der Waals surface area contributed by atoms with E-state index < -0.39 is 5.60 Å². The van der Waals surface area contributed by atoms with Crippen LogP contribution in [0.3, 0.4) is 0 Å². The maximum Gasteiger partial charge on any atom is 0.106 e. The minimum Gasteiger partial charge on any atom is -0.384 e. The zero-order valence-corrected chi connectivity index (χ0v) is 8.81. The molecule has 0 aliphatic rings. The number of aromatic nitrogens is 2. The molecule has 74 valence electrons. The summed E-state index contributed by atoms with van der Waals surface area (Å²) in [5.74, 6) is 0.970. The number of aromatic amines is 1. The largest absolute Gasteiger partial charge is 0.384 e. The van der Waals surface area contributed by atoms with Gasteiger partial charge in [0, 0.05) is 12.1 Å². The summed E-state index contributed by atoms with van der Waals surface area (Å²) in [7, 11) is 0. The van der Waals surface area contributed by atoms with E-state index in [1.54, 1.807) is 13.8 Å². The zero-order chi connectivity index (χ0) is 10.1. The van der Waals surface area contributed by atoms with Crippen molar-refractivity contribution in [1.29, 1.82) is 0 Å². The van der Waals surface area contributed by atoms with Gasteiger partial charge >= 0.3 is 0 Å². The molecule has 0 saturated carbocycles. The predicted molar refractivity (Wildman–Crippen MR) is 52.6 cm³/mol. The number of nitrogens with one attached hydrogen (secondary N) is 1. The summed E-state index contributed by atoms with van der Waals surface area (Å²) in [5.41, 5.74) is 0.888. The third-order valence-corrected chi connectivity index (χ3v) is 2.00. The van der Waals surface area contributed by atoms with Gasteiger partial charge in [0.2, 0.25) is 0 Å². The van der Waals surface area contributed by atoms with Crippen molar-refractivity contribution in [2.24, 2.45) is 0 Å². The van der Waals surface area contributed by atoms with E-state index in [9.17, 15) is 5.11 Å². The number of H-pyrrole nitrogens is 1. The van der Waals surface area contributed by atoms with E-state index in [-0.39, 0.29) is 0 Å². The molecule has 1 rings (SSSR count). The van der Waals surface area contributed by atoms with Crippen molar-refractivity contribution in [2.45, 2.75) is 46.1 Å². The SMILES string of the molecule is CCCc1nc(C(C)(C)O)c(C)[nH]1. The van der Waals surface area contributed by atoms with Gasteiger partial charge in [0.1, 0.15) is 11.4 Å². The quantitative estimate of drug-likeness (QED) is 0.750. The van der Waals surface area contributed by atoms with Crippen LogP contribution in [-0.4, -0.2) is 15.1 Å². The highest BCUT2D eigenvalue weighted by molar-refractivity contribution is 5.18. The molecule has 0 amide bonds.